The van der Waals surface area contributed by atoms with Crippen molar-refractivity contribution in [1.29, 1.82) is 0 Å². The van der Waals surface area contributed by atoms with Crippen LogP contribution in [0.1, 0.15) is 17.3 Å². The average molecular weight is 267 g/mol. The smallest absolute Gasteiger partial charge is 0.337 e. The number of nitrogens with one attached hydrogen (secondary N) is 2. The van der Waals surface area contributed by atoms with Gasteiger partial charge in [0.1, 0.15) is 0 Å². The van der Waals surface area contributed by atoms with Gasteiger partial charge in [-0.3, -0.25) is 4.98 Å². The van der Waals surface area contributed by atoms with Crippen molar-refractivity contribution < 1.29 is 19.4 Å². The molecule has 1 heterocycles. The minimum absolute atomic E-state index is 0.0190. The van der Waals surface area contributed by atoms with Crippen molar-refractivity contribution in [2.45, 2.75) is 6.92 Å². The van der Waals surface area contributed by atoms with E-state index in [9.17, 15) is 9.59 Å². The van der Waals surface area contributed by atoms with Gasteiger partial charge in [-0.15, -0.1) is 0 Å². The van der Waals surface area contributed by atoms with Crippen LogP contribution < -0.4 is 10.6 Å². The molecule has 1 atom stereocenters. The Balaban J connectivity index is 2.48. The summed E-state index contributed by atoms with van der Waals surface area (Å²) >= 11 is 0. The van der Waals surface area contributed by atoms with E-state index in [1.54, 1.807) is 7.11 Å². The fourth-order valence-electron chi connectivity index (χ4n) is 1.41. The van der Waals surface area contributed by atoms with Gasteiger partial charge in [0.2, 0.25) is 0 Å². The van der Waals surface area contributed by atoms with Gasteiger partial charge >= 0.3 is 12.0 Å². The molecule has 7 nitrogen and oxygen atoms in total. The molecule has 0 aromatic carbocycles. The number of aromatic carboxylic acids is 1. The Hall–Kier alpha value is -2.15. The third-order valence-corrected chi connectivity index (χ3v) is 2.31. The Kier molecular flexibility index (Phi) is 5.74. The third kappa shape index (κ3) is 5.35. The molecule has 0 aliphatic rings. The van der Waals surface area contributed by atoms with Crippen LogP contribution in [0.3, 0.4) is 0 Å². The zero-order chi connectivity index (χ0) is 14.3. The fourth-order valence-corrected chi connectivity index (χ4v) is 1.41. The predicted molar refractivity (Wildman–Crippen MR) is 69.3 cm³/mol. The topological polar surface area (TPSA) is 101 Å². The molecule has 1 rings (SSSR count). The molecule has 19 heavy (non-hydrogen) atoms. The Morgan fingerprint density at radius 3 is 2.84 bits per heavy atom. The average Bonchev–Trinajstić information content (AvgIpc) is 2.37. The molecule has 1 unspecified atom stereocenters. The maximum Gasteiger partial charge on any atom is 0.337 e. The fraction of sp³-hybridized carbons (Fsp3) is 0.417. The summed E-state index contributed by atoms with van der Waals surface area (Å²) in [5.74, 6) is -0.899. The van der Waals surface area contributed by atoms with Gasteiger partial charge < -0.3 is 20.5 Å². The van der Waals surface area contributed by atoms with E-state index in [2.05, 4.69) is 15.6 Å². The van der Waals surface area contributed by atoms with E-state index in [1.165, 1.54) is 18.5 Å². The number of carbonyl (C=O) groups is 2. The lowest BCUT2D eigenvalue weighted by Gasteiger charge is -2.12. The minimum atomic E-state index is -1.09. The molecule has 0 aliphatic carbocycles. The van der Waals surface area contributed by atoms with Crippen LogP contribution in [-0.2, 0) is 4.74 Å². The van der Waals surface area contributed by atoms with E-state index < -0.39 is 12.0 Å². The second kappa shape index (κ2) is 7.32. The van der Waals surface area contributed by atoms with E-state index in [1.807, 2.05) is 6.92 Å². The number of aromatic nitrogens is 1. The second-order valence-electron chi connectivity index (χ2n) is 4.16. The Morgan fingerprint density at radius 2 is 2.21 bits per heavy atom. The molecule has 0 spiro atoms. The lowest BCUT2D eigenvalue weighted by molar-refractivity contribution is 0.0696. The molecule has 3 N–H and O–H groups in total. The number of carboxylic acid groups (broad SMARTS) is 1. The molecule has 1 aromatic rings. The number of carboxylic acids is 1. The number of carbonyl (C=O) groups excluding carboxylic acids is 1. The number of pyridine rings is 1. The van der Waals surface area contributed by atoms with Gasteiger partial charge in [0.25, 0.3) is 0 Å². The van der Waals surface area contributed by atoms with Crippen LogP contribution in [0.4, 0.5) is 10.5 Å². The summed E-state index contributed by atoms with van der Waals surface area (Å²) in [6, 6.07) is 0.931. The number of rotatable bonds is 6. The van der Waals surface area contributed by atoms with E-state index in [4.69, 9.17) is 9.84 Å². The zero-order valence-corrected chi connectivity index (χ0v) is 10.8. The summed E-state index contributed by atoms with van der Waals surface area (Å²) < 4.78 is 4.95. The van der Waals surface area contributed by atoms with Crippen LogP contribution in [0.5, 0.6) is 0 Å². The van der Waals surface area contributed by atoms with Crippen LogP contribution >= 0.6 is 0 Å². The first-order valence-electron chi connectivity index (χ1n) is 5.75. The normalized spacial score (nSPS) is 11.7. The van der Waals surface area contributed by atoms with Crippen LogP contribution in [0.25, 0.3) is 0 Å². The first-order chi connectivity index (χ1) is 9.02. The van der Waals surface area contributed by atoms with Gasteiger partial charge in [-0.25, -0.2) is 9.59 Å². The van der Waals surface area contributed by atoms with E-state index in [0.29, 0.717) is 18.8 Å². The summed E-state index contributed by atoms with van der Waals surface area (Å²) in [6.45, 7) is 2.96. The monoisotopic (exact) mass is 267 g/mol. The molecule has 0 radical (unpaired) electrons. The molecule has 0 saturated carbocycles. The Labute approximate surface area is 111 Å². The van der Waals surface area contributed by atoms with Crippen molar-refractivity contribution in [2.24, 2.45) is 5.92 Å². The molecule has 2 amide bonds. The van der Waals surface area contributed by atoms with Crippen LogP contribution in [0.2, 0.25) is 0 Å². The number of methoxy groups -OCH3 is 1. The van der Waals surface area contributed by atoms with Crippen molar-refractivity contribution in [3.63, 3.8) is 0 Å². The van der Waals surface area contributed by atoms with Crippen molar-refractivity contribution in [1.82, 2.24) is 10.3 Å². The maximum atomic E-state index is 11.6. The van der Waals surface area contributed by atoms with Crippen LogP contribution in [0, 0.1) is 5.92 Å². The third-order valence-electron chi connectivity index (χ3n) is 2.31. The highest BCUT2D eigenvalue weighted by atomic mass is 16.5. The van der Waals surface area contributed by atoms with Crippen LogP contribution in [-0.4, -0.2) is 42.4 Å². The number of amides is 2. The molecule has 1 aromatic heterocycles. The van der Waals surface area contributed by atoms with Gasteiger partial charge in [-0.2, -0.15) is 0 Å². The first-order valence-corrected chi connectivity index (χ1v) is 5.75. The number of urea groups is 1. The van der Waals surface area contributed by atoms with E-state index >= 15 is 0 Å². The highest BCUT2D eigenvalue weighted by molar-refractivity contribution is 5.92. The van der Waals surface area contributed by atoms with Gasteiger partial charge in [0.05, 0.1) is 24.1 Å². The number of hydrogen-bond donors (Lipinski definition) is 3. The largest absolute Gasteiger partial charge is 0.478 e. The summed E-state index contributed by atoms with van der Waals surface area (Å²) in [5.41, 5.74) is 0.349. The van der Waals surface area contributed by atoms with Gasteiger partial charge in [0, 0.05) is 19.9 Å². The molecule has 0 bridgehead atoms. The molecular weight excluding hydrogens is 250 g/mol. The lowest BCUT2D eigenvalue weighted by atomic mass is 10.2. The summed E-state index contributed by atoms with van der Waals surface area (Å²) in [7, 11) is 1.60. The molecule has 0 fully saturated rings. The Morgan fingerprint density at radius 1 is 1.47 bits per heavy atom. The van der Waals surface area contributed by atoms with Gasteiger partial charge in [-0.05, 0) is 12.0 Å². The SMILES string of the molecule is COCC(C)CNC(=O)Nc1cncc(C(=O)O)c1. The highest BCUT2D eigenvalue weighted by Gasteiger charge is 2.08. The van der Waals surface area contributed by atoms with Crippen molar-refractivity contribution >= 4 is 17.7 Å². The molecule has 7 heteroatoms. The van der Waals surface area contributed by atoms with E-state index in [-0.39, 0.29) is 11.5 Å². The van der Waals surface area contributed by atoms with Crippen LogP contribution in [0.15, 0.2) is 18.5 Å². The standard InChI is InChI=1S/C12H17N3O4/c1-8(7-19-2)4-14-12(18)15-10-3-9(11(16)17)5-13-6-10/h3,5-6,8H,4,7H2,1-2H3,(H,16,17)(H2,14,15,18). The van der Waals surface area contributed by atoms with Crippen molar-refractivity contribution in [3.8, 4) is 0 Å². The lowest BCUT2D eigenvalue weighted by Crippen LogP contribution is -2.33. The highest BCUT2D eigenvalue weighted by Crippen LogP contribution is 2.08. The zero-order valence-electron chi connectivity index (χ0n) is 10.8. The number of hydrogen-bond acceptors (Lipinski definition) is 4. The molecular formula is C12H17N3O4. The summed E-state index contributed by atoms with van der Waals surface area (Å²) in [5, 5.41) is 14.0. The first kappa shape index (κ1) is 14.9. The molecule has 0 aliphatic heterocycles. The van der Waals surface area contributed by atoms with E-state index in [0.717, 1.165) is 0 Å². The Bertz CT molecular complexity index is 450. The molecule has 104 valence electrons. The quantitative estimate of drug-likeness (QED) is 0.718. The second-order valence-corrected chi connectivity index (χ2v) is 4.16. The minimum Gasteiger partial charge on any atom is -0.478 e. The summed E-state index contributed by atoms with van der Waals surface area (Å²) in [4.78, 5) is 26.0. The van der Waals surface area contributed by atoms with Gasteiger partial charge in [0.15, 0.2) is 0 Å². The number of anilines is 1. The predicted octanol–water partition coefficient (Wildman–Crippen LogP) is 1.18. The number of ether oxygens (including phenoxy) is 1. The van der Waals surface area contributed by atoms with Gasteiger partial charge in [-0.1, -0.05) is 6.92 Å². The maximum absolute atomic E-state index is 11.6. The summed E-state index contributed by atoms with van der Waals surface area (Å²) in [6.07, 6.45) is 2.59. The number of nitrogens with zero attached hydrogens (tertiary/aromatic N) is 1. The van der Waals surface area contributed by atoms with Crippen molar-refractivity contribution in [3.05, 3.63) is 24.0 Å². The van der Waals surface area contributed by atoms with Crippen molar-refractivity contribution in [2.75, 3.05) is 25.6 Å². The molecule has 0 saturated heterocycles.